The summed E-state index contributed by atoms with van der Waals surface area (Å²) in [4.78, 5) is 2.39. The molecule has 0 aliphatic carbocycles. The Labute approximate surface area is 110 Å². The summed E-state index contributed by atoms with van der Waals surface area (Å²) in [6.07, 6.45) is 5.39. The van der Waals surface area contributed by atoms with Crippen LogP contribution in [0.25, 0.3) is 0 Å². The molecule has 3 rings (SSSR count). The smallest absolute Gasteiger partial charge is 0.282 e. The fourth-order valence-electron chi connectivity index (χ4n) is 3.57. The molecule has 2 atom stereocenters. The minimum atomic E-state index is -3.19. The zero-order valence-electron chi connectivity index (χ0n) is 11.1. The van der Waals surface area contributed by atoms with E-state index in [-0.39, 0.29) is 0 Å². The van der Waals surface area contributed by atoms with Gasteiger partial charge in [-0.25, -0.2) is 0 Å². The number of rotatable bonds is 2. The van der Waals surface area contributed by atoms with Crippen molar-refractivity contribution in [2.75, 3.05) is 33.2 Å². The highest BCUT2D eigenvalue weighted by atomic mass is 32.2. The summed E-state index contributed by atoms with van der Waals surface area (Å²) < 4.78 is 28.5. The predicted molar refractivity (Wildman–Crippen MR) is 70.5 cm³/mol. The van der Waals surface area contributed by atoms with E-state index < -0.39 is 10.2 Å². The molecule has 3 aliphatic heterocycles. The summed E-state index contributed by atoms with van der Waals surface area (Å²) >= 11 is 0. The molecule has 3 saturated heterocycles. The van der Waals surface area contributed by atoms with E-state index in [1.165, 1.54) is 6.42 Å². The highest BCUT2D eigenvalue weighted by Gasteiger charge is 2.40. The van der Waals surface area contributed by atoms with Crippen LogP contribution in [0, 0.1) is 0 Å². The topological polar surface area (TPSA) is 43.9 Å². The maximum atomic E-state index is 12.6. The summed E-state index contributed by atoms with van der Waals surface area (Å²) in [6.45, 7) is 2.81. The van der Waals surface area contributed by atoms with Gasteiger partial charge in [-0.2, -0.15) is 17.0 Å². The molecule has 5 nitrogen and oxygen atoms in total. The molecule has 104 valence electrons. The maximum Gasteiger partial charge on any atom is 0.282 e. The third kappa shape index (κ3) is 2.09. The van der Waals surface area contributed by atoms with Gasteiger partial charge in [0.15, 0.2) is 0 Å². The largest absolute Gasteiger partial charge is 0.299 e. The van der Waals surface area contributed by atoms with E-state index in [4.69, 9.17) is 0 Å². The van der Waals surface area contributed by atoms with Crippen molar-refractivity contribution in [3.8, 4) is 0 Å². The van der Waals surface area contributed by atoms with Gasteiger partial charge in [-0.3, -0.25) is 4.90 Å². The van der Waals surface area contributed by atoms with Crippen molar-refractivity contribution >= 4 is 10.2 Å². The Balaban J connectivity index is 1.76. The Morgan fingerprint density at radius 3 is 2.28 bits per heavy atom. The average Bonchev–Trinajstić information content (AvgIpc) is 2.88. The van der Waals surface area contributed by atoms with Gasteiger partial charge in [-0.15, -0.1) is 0 Å². The summed E-state index contributed by atoms with van der Waals surface area (Å²) in [5.74, 6) is 0. The first-order valence-corrected chi connectivity index (χ1v) is 8.46. The minimum Gasteiger partial charge on any atom is -0.299 e. The Morgan fingerprint density at radius 2 is 1.56 bits per heavy atom. The van der Waals surface area contributed by atoms with E-state index >= 15 is 0 Å². The quantitative estimate of drug-likeness (QED) is 0.736. The van der Waals surface area contributed by atoms with Crippen LogP contribution in [0.5, 0.6) is 0 Å². The lowest BCUT2D eigenvalue weighted by molar-refractivity contribution is 0.245. The minimum absolute atomic E-state index is 0.426. The molecule has 3 aliphatic rings. The molecule has 18 heavy (non-hydrogen) atoms. The standard InChI is InChI=1S/C12H23N3O2S/c1-13-11-4-5-12(13)10-15(9-6-11)18(16,17)14-7-2-3-8-14/h11-12H,2-10H2,1H3. The molecule has 0 aromatic rings. The van der Waals surface area contributed by atoms with Crippen LogP contribution < -0.4 is 0 Å². The molecule has 0 aromatic carbocycles. The molecular weight excluding hydrogens is 250 g/mol. The lowest BCUT2D eigenvalue weighted by atomic mass is 10.1. The number of hydrogen-bond donors (Lipinski definition) is 0. The molecule has 0 N–H and O–H groups in total. The first-order valence-electron chi connectivity index (χ1n) is 7.06. The van der Waals surface area contributed by atoms with Crippen molar-refractivity contribution in [2.45, 2.75) is 44.2 Å². The first kappa shape index (κ1) is 12.8. The van der Waals surface area contributed by atoms with Crippen LogP contribution in [0.4, 0.5) is 0 Å². The first-order chi connectivity index (χ1) is 8.59. The van der Waals surface area contributed by atoms with Crippen molar-refractivity contribution in [2.24, 2.45) is 0 Å². The third-order valence-corrected chi connectivity index (χ3v) is 6.83. The normalized spacial score (nSPS) is 36.1. The van der Waals surface area contributed by atoms with Crippen LogP contribution in [0.2, 0.25) is 0 Å². The van der Waals surface area contributed by atoms with Gasteiger partial charge >= 0.3 is 0 Å². The Hall–Kier alpha value is -0.170. The van der Waals surface area contributed by atoms with Crippen molar-refractivity contribution in [1.82, 2.24) is 13.5 Å². The fraction of sp³-hybridized carbons (Fsp3) is 1.00. The van der Waals surface area contributed by atoms with E-state index in [9.17, 15) is 8.42 Å². The Kier molecular flexibility index (Phi) is 3.38. The second kappa shape index (κ2) is 4.74. The Bertz CT molecular complexity index is 406. The van der Waals surface area contributed by atoms with Gasteiger partial charge in [0.25, 0.3) is 10.2 Å². The van der Waals surface area contributed by atoms with Gasteiger partial charge in [-0.1, -0.05) is 0 Å². The van der Waals surface area contributed by atoms with Crippen LogP contribution in [-0.2, 0) is 10.2 Å². The molecule has 3 fully saturated rings. The lowest BCUT2D eigenvalue weighted by Gasteiger charge is -2.28. The van der Waals surface area contributed by atoms with Crippen LogP contribution in [0.15, 0.2) is 0 Å². The predicted octanol–water partition coefficient (Wildman–Crippen LogP) is 0.496. The highest BCUT2D eigenvalue weighted by Crippen LogP contribution is 2.30. The highest BCUT2D eigenvalue weighted by molar-refractivity contribution is 7.86. The number of fused-ring (bicyclic) bond motifs is 2. The third-order valence-electron chi connectivity index (χ3n) is 4.83. The lowest BCUT2D eigenvalue weighted by Crippen LogP contribution is -2.46. The summed E-state index contributed by atoms with van der Waals surface area (Å²) in [7, 11) is -1.04. The summed E-state index contributed by atoms with van der Waals surface area (Å²) in [6, 6.07) is 1.02. The van der Waals surface area contributed by atoms with Gasteiger partial charge in [0.2, 0.25) is 0 Å². The molecule has 0 saturated carbocycles. The molecule has 0 radical (unpaired) electrons. The number of hydrogen-bond acceptors (Lipinski definition) is 3. The Morgan fingerprint density at radius 1 is 0.889 bits per heavy atom. The molecule has 2 bridgehead atoms. The monoisotopic (exact) mass is 273 g/mol. The van der Waals surface area contributed by atoms with E-state index in [1.54, 1.807) is 8.61 Å². The number of likely N-dealkylation sites (N-methyl/N-ethyl adjacent to an activating group) is 1. The number of nitrogens with zero attached hydrogens (tertiary/aromatic N) is 3. The summed E-state index contributed by atoms with van der Waals surface area (Å²) in [5, 5.41) is 0. The SMILES string of the molecule is CN1C2CCC1CN(S(=O)(=O)N1CCCC1)CC2. The molecule has 3 heterocycles. The molecule has 6 heteroatoms. The van der Waals surface area contributed by atoms with Crippen molar-refractivity contribution in [1.29, 1.82) is 0 Å². The van der Waals surface area contributed by atoms with E-state index in [1.807, 2.05) is 0 Å². The second-order valence-corrected chi connectivity index (χ2v) is 7.74. The molecule has 0 amide bonds. The van der Waals surface area contributed by atoms with Crippen LogP contribution >= 0.6 is 0 Å². The molecule has 0 aromatic heterocycles. The van der Waals surface area contributed by atoms with Crippen LogP contribution in [-0.4, -0.2) is 67.2 Å². The van der Waals surface area contributed by atoms with E-state index in [0.717, 1.165) is 25.7 Å². The van der Waals surface area contributed by atoms with Crippen molar-refractivity contribution in [3.05, 3.63) is 0 Å². The van der Waals surface area contributed by atoms with Crippen molar-refractivity contribution < 1.29 is 8.42 Å². The van der Waals surface area contributed by atoms with Gasteiger partial charge < -0.3 is 0 Å². The van der Waals surface area contributed by atoms with E-state index in [0.29, 0.717) is 38.3 Å². The maximum absolute atomic E-state index is 12.6. The van der Waals surface area contributed by atoms with Crippen LogP contribution in [0.3, 0.4) is 0 Å². The summed E-state index contributed by atoms with van der Waals surface area (Å²) in [5.41, 5.74) is 0. The van der Waals surface area contributed by atoms with E-state index in [2.05, 4.69) is 11.9 Å². The average molecular weight is 273 g/mol. The van der Waals surface area contributed by atoms with Gasteiger partial charge in [-0.05, 0) is 39.2 Å². The zero-order chi connectivity index (χ0) is 12.8. The second-order valence-electron chi connectivity index (χ2n) is 5.81. The van der Waals surface area contributed by atoms with Crippen LogP contribution in [0.1, 0.15) is 32.1 Å². The molecule has 0 spiro atoms. The van der Waals surface area contributed by atoms with Gasteiger partial charge in [0.1, 0.15) is 0 Å². The van der Waals surface area contributed by atoms with Gasteiger partial charge in [0, 0.05) is 38.3 Å². The molecular formula is C12H23N3O2S. The fourth-order valence-corrected chi connectivity index (χ4v) is 5.31. The zero-order valence-corrected chi connectivity index (χ0v) is 11.9. The van der Waals surface area contributed by atoms with Crippen molar-refractivity contribution in [3.63, 3.8) is 0 Å². The molecule has 2 unspecified atom stereocenters. The van der Waals surface area contributed by atoms with Gasteiger partial charge in [0.05, 0.1) is 0 Å².